The standard InChI is InChI=1S/C16H14F2O2/c17-14-8-7-13(15(18)10-14)11-20-16(19)9-6-12-4-2-1-3-5-12/h1-5,7-8,10H,6,9,11H2. The summed E-state index contributed by atoms with van der Waals surface area (Å²) in [5.74, 6) is -1.76. The molecule has 0 radical (unpaired) electrons. The number of rotatable bonds is 5. The Hall–Kier alpha value is -2.23. The number of hydrogen-bond donors (Lipinski definition) is 0. The zero-order chi connectivity index (χ0) is 14.4. The van der Waals surface area contributed by atoms with Crippen LogP contribution < -0.4 is 0 Å². The van der Waals surface area contributed by atoms with Crippen LogP contribution in [0.2, 0.25) is 0 Å². The van der Waals surface area contributed by atoms with E-state index in [0.717, 1.165) is 17.7 Å². The summed E-state index contributed by atoms with van der Waals surface area (Å²) < 4.78 is 31.0. The lowest BCUT2D eigenvalue weighted by atomic mass is 10.1. The summed E-state index contributed by atoms with van der Waals surface area (Å²) in [7, 11) is 0. The normalized spacial score (nSPS) is 10.3. The highest BCUT2D eigenvalue weighted by Gasteiger charge is 2.08. The number of hydrogen-bond acceptors (Lipinski definition) is 2. The Morgan fingerprint density at radius 1 is 1.05 bits per heavy atom. The highest BCUT2D eigenvalue weighted by atomic mass is 19.1. The van der Waals surface area contributed by atoms with E-state index in [1.807, 2.05) is 30.3 Å². The van der Waals surface area contributed by atoms with Gasteiger partial charge in [0.15, 0.2) is 0 Å². The highest BCUT2D eigenvalue weighted by molar-refractivity contribution is 5.69. The van der Waals surface area contributed by atoms with Crippen molar-refractivity contribution in [3.8, 4) is 0 Å². The van der Waals surface area contributed by atoms with Gasteiger partial charge in [0.05, 0.1) is 0 Å². The topological polar surface area (TPSA) is 26.3 Å². The van der Waals surface area contributed by atoms with Crippen LogP contribution in [0, 0.1) is 11.6 Å². The first kappa shape index (κ1) is 14.2. The number of carbonyl (C=O) groups excluding carboxylic acids is 1. The van der Waals surface area contributed by atoms with Gasteiger partial charge in [-0.1, -0.05) is 30.3 Å². The Morgan fingerprint density at radius 3 is 2.50 bits per heavy atom. The van der Waals surface area contributed by atoms with Crippen LogP contribution in [0.5, 0.6) is 0 Å². The molecule has 0 aliphatic heterocycles. The fourth-order valence-corrected chi connectivity index (χ4v) is 1.76. The molecular formula is C16H14F2O2. The van der Waals surface area contributed by atoms with E-state index in [2.05, 4.69) is 0 Å². The van der Waals surface area contributed by atoms with Crippen LogP contribution in [0.25, 0.3) is 0 Å². The molecule has 104 valence electrons. The Labute approximate surface area is 116 Å². The van der Waals surface area contributed by atoms with Crippen LogP contribution in [0.3, 0.4) is 0 Å². The second-order valence-electron chi connectivity index (χ2n) is 4.38. The molecular weight excluding hydrogens is 262 g/mol. The van der Waals surface area contributed by atoms with E-state index < -0.39 is 17.6 Å². The first-order valence-corrected chi connectivity index (χ1v) is 6.28. The third kappa shape index (κ3) is 4.16. The quantitative estimate of drug-likeness (QED) is 0.779. The predicted octanol–water partition coefficient (Wildman–Crippen LogP) is 3.64. The highest BCUT2D eigenvalue weighted by Crippen LogP contribution is 2.11. The molecule has 2 nitrogen and oxygen atoms in total. The molecule has 0 heterocycles. The fraction of sp³-hybridized carbons (Fsp3) is 0.188. The van der Waals surface area contributed by atoms with Crippen molar-refractivity contribution in [3.05, 3.63) is 71.3 Å². The monoisotopic (exact) mass is 276 g/mol. The molecule has 0 aromatic heterocycles. The average molecular weight is 276 g/mol. The van der Waals surface area contributed by atoms with Gasteiger partial charge in [-0.05, 0) is 24.1 Å². The molecule has 0 aliphatic rings. The predicted molar refractivity (Wildman–Crippen MR) is 70.9 cm³/mol. The Balaban J connectivity index is 1.80. The number of benzene rings is 2. The van der Waals surface area contributed by atoms with Gasteiger partial charge in [0, 0.05) is 18.1 Å². The van der Waals surface area contributed by atoms with Crippen LogP contribution in [0.1, 0.15) is 17.5 Å². The van der Waals surface area contributed by atoms with E-state index in [-0.39, 0.29) is 18.6 Å². The van der Waals surface area contributed by atoms with Crippen molar-refractivity contribution in [2.24, 2.45) is 0 Å². The molecule has 0 N–H and O–H groups in total. The average Bonchev–Trinajstić information content (AvgIpc) is 2.45. The molecule has 20 heavy (non-hydrogen) atoms. The molecule has 0 amide bonds. The SMILES string of the molecule is O=C(CCc1ccccc1)OCc1ccc(F)cc1F. The largest absolute Gasteiger partial charge is 0.461 e. The molecule has 0 atom stereocenters. The second-order valence-corrected chi connectivity index (χ2v) is 4.38. The lowest BCUT2D eigenvalue weighted by Crippen LogP contribution is -2.07. The van der Waals surface area contributed by atoms with Gasteiger partial charge in [0.25, 0.3) is 0 Å². The lowest BCUT2D eigenvalue weighted by molar-refractivity contribution is -0.144. The summed E-state index contributed by atoms with van der Waals surface area (Å²) in [5, 5.41) is 0. The first-order chi connectivity index (χ1) is 9.65. The molecule has 2 aromatic rings. The van der Waals surface area contributed by atoms with Gasteiger partial charge in [0.1, 0.15) is 18.2 Å². The molecule has 0 saturated heterocycles. The molecule has 2 rings (SSSR count). The molecule has 0 spiro atoms. The Morgan fingerprint density at radius 2 is 1.80 bits per heavy atom. The number of aryl methyl sites for hydroxylation is 1. The number of carbonyl (C=O) groups is 1. The minimum Gasteiger partial charge on any atom is -0.461 e. The summed E-state index contributed by atoms with van der Waals surface area (Å²) in [6, 6.07) is 12.7. The van der Waals surface area contributed by atoms with Crippen molar-refractivity contribution in [2.75, 3.05) is 0 Å². The van der Waals surface area contributed by atoms with Gasteiger partial charge < -0.3 is 4.74 Å². The minimum absolute atomic E-state index is 0.166. The van der Waals surface area contributed by atoms with Gasteiger partial charge in [-0.25, -0.2) is 8.78 Å². The van der Waals surface area contributed by atoms with Crippen molar-refractivity contribution < 1.29 is 18.3 Å². The van der Waals surface area contributed by atoms with Gasteiger partial charge in [0.2, 0.25) is 0 Å². The van der Waals surface area contributed by atoms with E-state index in [9.17, 15) is 13.6 Å². The maximum Gasteiger partial charge on any atom is 0.306 e. The van der Waals surface area contributed by atoms with E-state index in [0.29, 0.717) is 6.42 Å². The molecule has 0 fully saturated rings. The third-order valence-corrected chi connectivity index (χ3v) is 2.86. The lowest BCUT2D eigenvalue weighted by Gasteiger charge is -2.06. The van der Waals surface area contributed by atoms with Gasteiger partial charge in [-0.15, -0.1) is 0 Å². The van der Waals surface area contributed by atoms with Crippen LogP contribution >= 0.6 is 0 Å². The van der Waals surface area contributed by atoms with Crippen molar-refractivity contribution in [3.63, 3.8) is 0 Å². The summed E-state index contributed by atoms with van der Waals surface area (Å²) >= 11 is 0. The van der Waals surface area contributed by atoms with Crippen molar-refractivity contribution in [1.82, 2.24) is 0 Å². The van der Waals surface area contributed by atoms with E-state index >= 15 is 0 Å². The van der Waals surface area contributed by atoms with E-state index in [1.165, 1.54) is 6.07 Å². The second kappa shape index (κ2) is 6.80. The fourth-order valence-electron chi connectivity index (χ4n) is 1.76. The molecule has 0 bridgehead atoms. The zero-order valence-electron chi connectivity index (χ0n) is 10.8. The molecule has 2 aromatic carbocycles. The molecule has 4 heteroatoms. The van der Waals surface area contributed by atoms with Crippen molar-refractivity contribution in [1.29, 1.82) is 0 Å². The first-order valence-electron chi connectivity index (χ1n) is 6.28. The summed E-state index contributed by atoms with van der Waals surface area (Å²) in [6.45, 7) is -0.181. The summed E-state index contributed by atoms with van der Waals surface area (Å²) in [4.78, 5) is 11.5. The third-order valence-electron chi connectivity index (χ3n) is 2.86. The maximum absolute atomic E-state index is 13.3. The van der Waals surface area contributed by atoms with Gasteiger partial charge in [-0.3, -0.25) is 4.79 Å². The van der Waals surface area contributed by atoms with Crippen LogP contribution in [0.4, 0.5) is 8.78 Å². The number of halogens is 2. The van der Waals surface area contributed by atoms with Gasteiger partial charge >= 0.3 is 5.97 Å². The number of esters is 1. The van der Waals surface area contributed by atoms with E-state index in [1.54, 1.807) is 0 Å². The van der Waals surface area contributed by atoms with Crippen LogP contribution in [0.15, 0.2) is 48.5 Å². The zero-order valence-corrected chi connectivity index (χ0v) is 10.8. The molecule has 0 unspecified atom stereocenters. The Bertz CT molecular complexity index is 582. The number of ether oxygens (including phenoxy) is 1. The Kier molecular flexibility index (Phi) is 4.82. The van der Waals surface area contributed by atoms with E-state index in [4.69, 9.17) is 4.74 Å². The minimum atomic E-state index is -0.708. The van der Waals surface area contributed by atoms with Crippen LogP contribution in [-0.2, 0) is 22.6 Å². The molecule has 0 saturated carbocycles. The summed E-state index contributed by atoms with van der Waals surface area (Å²) in [6.07, 6.45) is 0.804. The van der Waals surface area contributed by atoms with Crippen LogP contribution in [-0.4, -0.2) is 5.97 Å². The van der Waals surface area contributed by atoms with Crippen molar-refractivity contribution in [2.45, 2.75) is 19.4 Å². The van der Waals surface area contributed by atoms with Crippen molar-refractivity contribution >= 4 is 5.97 Å². The maximum atomic E-state index is 13.3. The smallest absolute Gasteiger partial charge is 0.306 e. The van der Waals surface area contributed by atoms with Gasteiger partial charge in [-0.2, -0.15) is 0 Å². The molecule has 0 aliphatic carbocycles. The summed E-state index contributed by atoms with van der Waals surface area (Å²) in [5.41, 5.74) is 1.21.